The smallest absolute Gasteiger partial charge is 0.0397 e. The van der Waals surface area contributed by atoms with Crippen molar-refractivity contribution in [3.63, 3.8) is 0 Å². The van der Waals surface area contributed by atoms with E-state index in [0.29, 0.717) is 0 Å². The summed E-state index contributed by atoms with van der Waals surface area (Å²) in [5, 5.41) is 5.71. The van der Waals surface area contributed by atoms with Crippen LogP contribution in [0.15, 0.2) is 29.6 Å². The summed E-state index contributed by atoms with van der Waals surface area (Å²) in [7, 11) is 2.17. The number of anilines is 1. The van der Waals surface area contributed by atoms with E-state index in [0.717, 1.165) is 19.6 Å². The van der Waals surface area contributed by atoms with Crippen LogP contribution < -0.4 is 10.2 Å². The molecule has 3 heteroatoms. The predicted molar refractivity (Wildman–Crippen MR) is 83.0 cm³/mol. The van der Waals surface area contributed by atoms with Gasteiger partial charge in [-0.15, -0.1) is 11.3 Å². The fourth-order valence-corrected chi connectivity index (χ4v) is 3.51. The SMILES string of the molecule is Cc1ccsc1CNCc1ccc2c(c1)CCN2C. The summed E-state index contributed by atoms with van der Waals surface area (Å²) in [4.78, 5) is 3.78. The molecule has 100 valence electrons. The Morgan fingerprint density at radius 3 is 2.95 bits per heavy atom. The third kappa shape index (κ3) is 2.67. The van der Waals surface area contributed by atoms with Gasteiger partial charge in [0.2, 0.25) is 0 Å². The Labute approximate surface area is 119 Å². The van der Waals surface area contributed by atoms with Gasteiger partial charge in [0.25, 0.3) is 0 Å². The highest BCUT2D eigenvalue weighted by Gasteiger charge is 2.15. The number of hydrogen-bond acceptors (Lipinski definition) is 3. The van der Waals surface area contributed by atoms with Gasteiger partial charge in [0, 0.05) is 37.2 Å². The van der Waals surface area contributed by atoms with E-state index in [2.05, 4.69) is 53.8 Å². The lowest BCUT2D eigenvalue weighted by Crippen LogP contribution is -2.13. The monoisotopic (exact) mass is 272 g/mol. The molecule has 0 spiro atoms. The minimum absolute atomic E-state index is 0.953. The summed E-state index contributed by atoms with van der Waals surface area (Å²) in [6.45, 7) is 5.26. The number of benzene rings is 1. The molecule has 1 aliphatic heterocycles. The summed E-state index contributed by atoms with van der Waals surface area (Å²) >= 11 is 1.84. The van der Waals surface area contributed by atoms with E-state index in [1.54, 1.807) is 0 Å². The highest BCUT2D eigenvalue weighted by atomic mass is 32.1. The van der Waals surface area contributed by atoms with Gasteiger partial charge in [-0.2, -0.15) is 0 Å². The Balaban J connectivity index is 1.60. The molecule has 0 fully saturated rings. The summed E-state index contributed by atoms with van der Waals surface area (Å²) < 4.78 is 0. The van der Waals surface area contributed by atoms with Gasteiger partial charge in [-0.1, -0.05) is 12.1 Å². The van der Waals surface area contributed by atoms with Crippen LogP contribution in [0.4, 0.5) is 5.69 Å². The van der Waals surface area contributed by atoms with Crippen molar-refractivity contribution < 1.29 is 0 Å². The second kappa shape index (κ2) is 5.35. The zero-order chi connectivity index (χ0) is 13.2. The first-order chi connectivity index (χ1) is 9.24. The van der Waals surface area contributed by atoms with Crippen LogP contribution in [0.3, 0.4) is 0 Å². The molecule has 2 aromatic rings. The molecule has 0 saturated heterocycles. The molecule has 0 amide bonds. The fraction of sp³-hybridized carbons (Fsp3) is 0.375. The molecule has 1 N–H and O–H groups in total. The Morgan fingerprint density at radius 1 is 1.26 bits per heavy atom. The van der Waals surface area contributed by atoms with E-state index >= 15 is 0 Å². The molecule has 0 saturated carbocycles. The zero-order valence-corrected chi connectivity index (χ0v) is 12.4. The molecule has 3 rings (SSSR count). The van der Waals surface area contributed by atoms with Crippen LogP contribution in [0, 0.1) is 6.92 Å². The van der Waals surface area contributed by atoms with E-state index in [9.17, 15) is 0 Å². The van der Waals surface area contributed by atoms with Crippen LogP contribution in [0.2, 0.25) is 0 Å². The molecule has 1 aromatic heterocycles. The Hall–Kier alpha value is -1.32. The first-order valence-corrected chi connectivity index (χ1v) is 7.68. The molecule has 0 aliphatic carbocycles. The number of rotatable bonds is 4. The van der Waals surface area contributed by atoms with Gasteiger partial charge in [0.15, 0.2) is 0 Å². The van der Waals surface area contributed by atoms with Crippen LogP contribution >= 0.6 is 11.3 Å². The molecular weight excluding hydrogens is 252 g/mol. The Bertz CT molecular complexity index is 574. The van der Waals surface area contributed by atoms with E-state index in [4.69, 9.17) is 0 Å². The van der Waals surface area contributed by atoms with Gasteiger partial charge in [0.1, 0.15) is 0 Å². The quantitative estimate of drug-likeness (QED) is 0.918. The van der Waals surface area contributed by atoms with Crippen LogP contribution in [-0.2, 0) is 19.5 Å². The number of aryl methyl sites for hydroxylation is 1. The van der Waals surface area contributed by atoms with E-state index in [-0.39, 0.29) is 0 Å². The van der Waals surface area contributed by atoms with Gasteiger partial charge >= 0.3 is 0 Å². The number of nitrogens with zero attached hydrogens (tertiary/aromatic N) is 1. The lowest BCUT2D eigenvalue weighted by Gasteiger charge is -2.12. The summed E-state index contributed by atoms with van der Waals surface area (Å²) in [6.07, 6.45) is 1.18. The number of thiophene rings is 1. The maximum Gasteiger partial charge on any atom is 0.0397 e. The van der Waals surface area contributed by atoms with Crippen molar-refractivity contribution in [1.82, 2.24) is 5.32 Å². The molecular formula is C16H20N2S. The fourth-order valence-electron chi connectivity index (χ4n) is 2.64. The molecule has 0 atom stereocenters. The normalized spacial score (nSPS) is 13.9. The first kappa shape index (κ1) is 12.7. The van der Waals surface area contributed by atoms with Crippen molar-refractivity contribution in [2.24, 2.45) is 0 Å². The van der Waals surface area contributed by atoms with Crippen molar-refractivity contribution in [2.45, 2.75) is 26.4 Å². The molecule has 19 heavy (non-hydrogen) atoms. The summed E-state index contributed by atoms with van der Waals surface area (Å²) in [6, 6.07) is 9.05. The molecule has 0 radical (unpaired) electrons. The van der Waals surface area contributed by atoms with Gasteiger partial charge < -0.3 is 10.2 Å². The van der Waals surface area contributed by atoms with E-state index < -0.39 is 0 Å². The summed E-state index contributed by atoms with van der Waals surface area (Å²) in [5.74, 6) is 0. The van der Waals surface area contributed by atoms with Crippen molar-refractivity contribution in [1.29, 1.82) is 0 Å². The molecule has 2 heterocycles. The van der Waals surface area contributed by atoms with Gasteiger partial charge in [0.05, 0.1) is 0 Å². The van der Waals surface area contributed by atoms with Crippen molar-refractivity contribution in [2.75, 3.05) is 18.5 Å². The highest BCUT2D eigenvalue weighted by molar-refractivity contribution is 7.10. The van der Waals surface area contributed by atoms with Crippen LogP contribution in [-0.4, -0.2) is 13.6 Å². The number of fused-ring (bicyclic) bond motifs is 1. The summed E-state index contributed by atoms with van der Waals surface area (Å²) in [5.41, 5.74) is 5.68. The molecule has 0 bridgehead atoms. The average molecular weight is 272 g/mol. The maximum atomic E-state index is 3.54. The topological polar surface area (TPSA) is 15.3 Å². The molecule has 1 aliphatic rings. The van der Waals surface area contributed by atoms with E-state index in [1.807, 2.05) is 11.3 Å². The van der Waals surface area contributed by atoms with Gasteiger partial charge in [-0.05, 0) is 47.5 Å². The first-order valence-electron chi connectivity index (χ1n) is 6.80. The minimum atomic E-state index is 0.953. The second-order valence-electron chi connectivity index (χ2n) is 5.26. The molecule has 0 unspecified atom stereocenters. The zero-order valence-electron chi connectivity index (χ0n) is 11.6. The standard InChI is InChI=1S/C16H20N2S/c1-12-6-8-19-16(12)11-17-10-13-3-4-15-14(9-13)5-7-18(15)2/h3-4,6,8-9,17H,5,7,10-11H2,1-2H3. The van der Waals surface area contributed by atoms with Gasteiger partial charge in [-0.25, -0.2) is 0 Å². The van der Waals surface area contributed by atoms with Gasteiger partial charge in [-0.3, -0.25) is 0 Å². The Kier molecular flexibility index (Phi) is 3.58. The number of hydrogen-bond donors (Lipinski definition) is 1. The van der Waals surface area contributed by atoms with Crippen molar-refractivity contribution >= 4 is 17.0 Å². The number of likely N-dealkylation sites (N-methyl/N-ethyl adjacent to an activating group) is 1. The van der Waals surface area contributed by atoms with Crippen LogP contribution in [0.5, 0.6) is 0 Å². The average Bonchev–Trinajstić information content (AvgIpc) is 2.97. The van der Waals surface area contributed by atoms with Crippen LogP contribution in [0.25, 0.3) is 0 Å². The van der Waals surface area contributed by atoms with Crippen molar-refractivity contribution in [3.8, 4) is 0 Å². The van der Waals surface area contributed by atoms with E-state index in [1.165, 1.54) is 33.7 Å². The molecule has 2 nitrogen and oxygen atoms in total. The predicted octanol–water partition coefficient (Wildman–Crippen LogP) is 3.34. The third-order valence-electron chi connectivity index (χ3n) is 3.85. The second-order valence-corrected chi connectivity index (χ2v) is 6.27. The lowest BCUT2D eigenvalue weighted by atomic mass is 10.1. The minimum Gasteiger partial charge on any atom is -0.374 e. The number of nitrogens with one attached hydrogen (secondary N) is 1. The van der Waals surface area contributed by atoms with Crippen molar-refractivity contribution in [3.05, 3.63) is 51.2 Å². The Morgan fingerprint density at radius 2 is 2.16 bits per heavy atom. The molecule has 1 aromatic carbocycles. The lowest BCUT2D eigenvalue weighted by molar-refractivity contribution is 0.698. The maximum absolute atomic E-state index is 3.54. The largest absolute Gasteiger partial charge is 0.374 e. The van der Waals surface area contributed by atoms with Crippen LogP contribution in [0.1, 0.15) is 21.6 Å². The highest BCUT2D eigenvalue weighted by Crippen LogP contribution is 2.27. The third-order valence-corrected chi connectivity index (χ3v) is 4.88.